The average Bonchev–Trinajstić information content (AvgIpc) is 2.97. The highest BCUT2D eigenvalue weighted by Gasteiger charge is 2.39. The minimum absolute atomic E-state index is 0.0617. The fourth-order valence-electron chi connectivity index (χ4n) is 2.46. The number of aliphatic carboxylic acids is 1. The van der Waals surface area contributed by atoms with E-state index in [0.717, 1.165) is 4.31 Å². The third-order valence-corrected chi connectivity index (χ3v) is 5.49. The van der Waals surface area contributed by atoms with Crippen LogP contribution in [0.15, 0.2) is 29.2 Å². The molecular weight excluding hydrogens is 308 g/mol. The number of hydrogen-bond acceptors (Lipinski definition) is 4. The van der Waals surface area contributed by atoms with Crippen LogP contribution in [0, 0.1) is 0 Å². The molecule has 0 aromatic heterocycles. The molecule has 0 bridgehead atoms. The summed E-state index contributed by atoms with van der Waals surface area (Å²) in [7, 11) is -0.785. The molecule has 7 nitrogen and oxygen atoms in total. The van der Waals surface area contributed by atoms with Gasteiger partial charge in [0.1, 0.15) is 6.04 Å². The molecule has 1 heterocycles. The molecule has 1 unspecified atom stereocenters. The molecule has 0 aliphatic carbocycles. The van der Waals surface area contributed by atoms with Gasteiger partial charge in [-0.1, -0.05) is 6.07 Å². The summed E-state index contributed by atoms with van der Waals surface area (Å²) in [6.45, 7) is 0.172. The number of nitrogens with zero attached hydrogens (tertiary/aromatic N) is 2. The van der Waals surface area contributed by atoms with E-state index in [4.69, 9.17) is 5.11 Å². The molecule has 8 heteroatoms. The van der Waals surface area contributed by atoms with E-state index in [0.29, 0.717) is 12.8 Å². The van der Waals surface area contributed by atoms with Crippen molar-refractivity contribution in [2.45, 2.75) is 23.8 Å². The van der Waals surface area contributed by atoms with Crippen LogP contribution >= 0.6 is 0 Å². The third kappa shape index (κ3) is 2.97. The highest BCUT2D eigenvalue weighted by molar-refractivity contribution is 7.89. The van der Waals surface area contributed by atoms with E-state index in [-0.39, 0.29) is 22.9 Å². The molecule has 1 amide bonds. The maximum Gasteiger partial charge on any atom is 0.322 e. The number of amides is 1. The largest absolute Gasteiger partial charge is 0.480 e. The average molecular weight is 326 g/mol. The number of carboxylic acid groups (broad SMARTS) is 1. The van der Waals surface area contributed by atoms with Crippen LogP contribution in [-0.2, 0) is 14.8 Å². The van der Waals surface area contributed by atoms with Gasteiger partial charge >= 0.3 is 5.97 Å². The van der Waals surface area contributed by atoms with Gasteiger partial charge in [0.2, 0.25) is 10.0 Å². The topological polar surface area (TPSA) is 95.0 Å². The summed E-state index contributed by atoms with van der Waals surface area (Å²) in [4.78, 5) is 24.4. The fourth-order valence-corrected chi connectivity index (χ4v) is 4.16. The standard InChI is InChI=1S/C14H18N2O5S/c1-15(2)13(17)10-5-3-6-11(9-10)22(20,21)16-8-4-7-12(16)14(18)19/h3,5-6,9,12H,4,7-8H2,1-2H3,(H,18,19). The summed E-state index contributed by atoms with van der Waals surface area (Å²) in [5, 5.41) is 9.14. The normalized spacial score (nSPS) is 19.1. The quantitative estimate of drug-likeness (QED) is 0.875. The molecule has 1 aromatic rings. The molecule has 120 valence electrons. The minimum Gasteiger partial charge on any atom is -0.480 e. The molecule has 2 rings (SSSR count). The van der Waals surface area contributed by atoms with E-state index < -0.39 is 22.0 Å². The zero-order chi connectivity index (χ0) is 16.5. The number of benzene rings is 1. The first-order chi connectivity index (χ1) is 10.2. The number of carboxylic acids is 1. The van der Waals surface area contributed by atoms with Crippen LogP contribution in [0.4, 0.5) is 0 Å². The second-order valence-electron chi connectivity index (χ2n) is 5.34. The number of sulfonamides is 1. The van der Waals surface area contributed by atoms with Gasteiger partial charge in [-0.25, -0.2) is 8.42 Å². The Morgan fingerprint density at radius 1 is 1.32 bits per heavy atom. The molecule has 1 aromatic carbocycles. The van der Waals surface area contributed by atoms with E-state index in [1.54, 1.807) is 14.1 Å². The summed E-state index contributed by atoms with van der Waals surface area (Å²) >= 11 is 0. The first-order valence-electron chi connectivity index (χ1n) is 6.81. The van der Waals surface area contributed by atoms with Gasteiger partial charge in [-0.05, 0) is 31.0 Å². The second kappa shape index (κ2) is 6.05. The zero-order valence-electron chi connectivity index (χ0n) is 12.4. The van der Waals surface area contributed by atoms with Crippen LogP contribution < -0.4 is 0 Å². The molecule has 0 saturated carbocycles. The number of carbonyl (C=O) groups is 2. The van der Waals surface area contributed by atoms with Gasteiger partial charge < -0.3 is 10.0 Å². The van der Waals surface area contributed by atoms with Crippen molar-refractivity contribution in [2.75, 3.05) is 20.6 Å². The van der Waals surface area contributed by atoms with E-state index in [1.165, 1.54) is 29.2 Å². The summed E-state index contributed by atoms with van der Waals surface area (Å²) in [6.07, 6.45) is 0.803. The van der Waals surface area contributed by atoms with Crippen molar-refractivity contribution in [3.05, 3.63) is 29.8 Å². The fraction of sp³-hybridized carbons (Fsp3) is 0.429. The lowest BCUT2D eigenvalue weighted by atomic mass is 10.2. The Labute approximate surface area is 129 Å². The van der Waals surface area contributed by atoms with Crippen LogP contribution in [0.1, 0.15) is 23.2 Å². The van der Waals surface area contributed by atoms with Gasteiger partial charge in [0.05, 0.1) is 4.90 Å². The van der Waals surface area contributed by atoms with Crippen LogP contribution in [0.5, 0.6) is 0 Å². The van der Waals surface area contributed by atoms with E-state index >= 15 is 0 Å². The van der Waals surface area contributed by atoms with Crippen LogP contribution in [0.2, 0.25) is 0 Å². The Balaban J connectivity index is 2.40. The highest BCUT2D eigenvalue weighted by Crippen LogP contribution is 2.26. The van der Waals surface area contributed by atoms with E-state index in [2.05, 4.69) is 0 Å². The molecule has 0 spiro atoms. The summed E-state index contributed by atoms with van der Waals surface area (Å²) in [5.74, 6) is -1.46. The monoisotopic (exact) mass is 326 g/mol. The molecule has 1 fully saturated rings. The number of rotatable bonds is 4. The molecule has 1 aliphatic heterocycles. The van der Waals surface area contributed by atoms with Gasteiger partial charge in [-0.2, -0.15) is 4.31 Å². The SMILES string of the molecule is CN(C)C(=O)c1cccc(S(=O)(=O)N2CCCC2C(=O)O)c1. The third-order valence-electron chi connectivity index (χ3n) is 3.58. The van der Waals surface area contributed by atoms with Gasteiger partial charge in [-0.15, -0.1) is 0 Å². The summed E-state index contributed by atoms with van der Waals surface area (Å²) in [5.41, 5.74) is 0.247. The van der Waals surface area contributed by atoms with Crippen molar-refractivity contribution in [1.82, 2.24) is 9.21 Å². The van der Waals surface area contributed by atoms with Crippen molar-refractivity contribution in [1.29, 1.82) is 0 Å². The Morgan fingerprint density at radius 2 is 2.00 bits per heavy atom. The van der Waals surface area contributed by atoms with Gasteiger partial charge in [0.25, 0.3) is 5.91 Å². The first kappa shape index (κ1) is 16.4. The van der Waals surface area contributed by atoms with Gasteiger partial charge in [0, 0.05) is 26.2 Å². The molecule has 22 heavy (non-hydrogen) atoms. The number of hydrogen-bond donors (Lipinski definition) is 1. The second-order valence-corrected chi connectivity index (χ2v) is 7.23. The smallest absolute Gasteiger partial charge is 0.322 e. The molecule has 0 radical (unpaired) electrons. The van der Waals surface area contributed by atoms with Gasteiger partial charge in [-0.3, -0.25) is 9.59 Å². The van der Waals surface area contributed by atoms with Gasteiger partial charge in [0.15, 0.2) is 0 Å². The Kier molecular flexibility index (Phi) is 4.52. The summed E-state index contributed by atoms with van der Waals surface area (Å²) in [6, 6.07) is 4.63. The van der Waals surface area contributed by atoms with Crippen molar-refractivity contribution in [3.8, 4) is 0 Å². The lowest BCUT2D eigenvalue weighted by molar-refractivity contribution is -0.140. The lowest BCUT2D eigenvalue weighted by Crippen LogP contribution is -2.40. The molecular formula is C14H18N2O5S. The Morgan fingerprint density at radius 3 is 2.59 bits per heavy atom. The maximum absolute atomic E-state index is 12.6. The molecule has 1 saturated heterocycles. The van der Waals surface area contributed by atoms with Crippen molar-refractivity contribution >= 4 is 21.9 Å². The Hall–Kier alpha value is -1.93. The highest BCUT2D eigenvalue weighted by atomic mass is 32.2. The molecule has 1 N–H and O–H groups in total. The maximum atomic E-state index is 12.6. The van der Waals surface area contributed by atoms with Crippen molar-refractivity contribution < 1.29 is 23.1 Å². The van der Waals surface area contributed by atoms with Crippen molar-refractivity contribution in [2.24, 2.45) is 0 Å². The molecule has 1 aliphatic rings. The zero-order valence-corrected chi connectivity index (χ0v) is 13.2. The minimum atomic E-state index is -3.93. The summed E-state index contributed by atoms with van der Waals surface area (Å²) < 4.78 is 26.3. The predicted octanol–water partition coefficient (Wildman–Crippen LogP) is 0.626. The van der Waals surface area contributed by atoms with Crippen LogP contribution in [-0.4, -0.2) is 61.3 Å². The van der Waals surface area contributed by atoms with Crippen molar-refractivity contribution in [3.63, 3.8) is 0 Å². The van der Waals surface area contributed by atoms with E-state index in [1.807, 2.05) is 0 Å². The number of carbonyl (C=O) groups excluding carboxylic acids is 1. The predicted molar refractivity (Wildman–Crippen MR) is 79.0 cm³/mol. The van der Waals surface area contributed by atoms with Crippen LogP contribution in [0.3, 0.4) is 0 Å². The lowest BCUT2D eigenvalue weighted by Gasteiger charge is -2.21. The molecule has 1 atom stereocenters. The first-order valence-corrected chi connectivity index (χ1v) is 8.25. The Bertz CT molecular complexity index is 699. The van der Waals surface area contributed by atoms with E-state index in [9.17, 15) is 18.0 Å². The van der Waals surface area contributed by atoms with Crippen LogP contribution in [0.25, 0.3) is 0 Å².